The maximum Gasteiger partial charge on any atom is 0.411 e. The van der Waals surface area contributed by atoms with Crippen molar-refractivity contribution >= 4 is 23.5 Å². The van der Waals surface area contributed by atoms with Gasteiger partial charge in [-0.3, -0.25) is 10.1 Å². The molecule has 0 fully saturated rings. The maximum absolute atomic E-state index is 12.4. The van der Waals surface area contributed by atoms with Crippen LogP contribution < -0.4 is 5.32 Å². The number of phenols is 1. The lowest BCUT2D eigenvalue weighted by Gasteiger charge is -2.15. The summed E-state index contributed by atoms with van der Waals surface area (Å²) >= 11 is 0. The number of anilines is 1. The number of nitrogens with one attached hydrogen (secondary N) is 1. The molecule has 3 N–H and O–H groups in total. The molecule has 0 aromatic heterocycles. The van der Waals surface area contributed by atoms with Gasteiger partial charge in [-0.2, -0.15) is 0 Å². The molecule has 1 unspecified atom stereocenters. The van der Waals surface area contributed by atoms with Gasteiger partial charge in [-0.25, -0.2) is 9.59 Å². The summed E-state index contributed by atoms with van der Waals surface area (Å²) in [5.74, 6) is -1.98. The molecule has 1 rings (SSSR count). The number of carbonyl (C=O) groups is 3. The van der Waals surface area contributed by atoms with Gasteiger partial charge >= 0.3 is 12.1 Å². The lowest BCUT2D eigenvalue weighted by molar-refractivity contribution is -0.163. The third kappa shape index (κ3) is 19.0. The van der Waals surface area contributed by atoms with Crippen LogP contribution in [0.5, 0.6) is 5.75 Å². The molecular weight excluding hydrogens is 550 g/mol. The second kappa shape index (κ2) is 24.6. The van der Waals surface area contributed by atoms with Crippen LogP contribution in [0.15, 0.2) is 79.0 Å². The summed E-state index contributed by atoms with van der Waals surface area (Å²) in [5, 5.41) is 20.9. The number of rotatable bonds is 23. The Labute approximate surface area is 255 Å². The molecule has 1 atom stereocenters. The van der Waals surface area contributed by atoms with Crippen LogP contribution in [0, 0.1) is 0 Å². The highest BCUT2D eigenvalue weighted by atomic mass is 16.7. The van der Waals surface area contributed by atoms with E-state index in [1.54, 1.807) is 0 Å². The van der Waals surface area contributed by atoms with Gasteiger partial charge in [0.05, 0.1) is 13.2 Å². The first kappa shape index (κ1) is 37.1. The van der Waals surface area contributed by atoms with Crippen LogP contribution in [0.1, 0.15) is 81.5 Å². The first-order valence-electron chi connectivity index (χ1n) is 14.8. The topological polar surface area (TPSA) is 131 Å². The molecule has 0 aliphatic rings. The second-order valence-electron chi connectivity index (χ2n) is 9.51. The minimum absolute atomic E-state index is 0.0227. The second-order valence-corrected chi connectivity index (χ2v) is 9.51. The standard InChI is InChI=1S/C34H47NO8/c1-3-4-5-6-7-8-9-10-11-12-13-14-15-16-17-18-19-20-25-42-33(41-2)31(37)22-21-26-43-34(40)35-28-23-24-30(36)29(27-28)32(38)39/h4-5,7-8,10-11,13-14,16-17,23-24,27,33,36H,3,6,9,12,15,18-22,25-26H2,1-2H3,(H,35,40)(H,38,39)/b5-4-,8-7-,11-10-,14-13-,17-16-. The van der Waals surface area contributed by atoms with Crippen molar-refractivity contribution in [3.63, 3.8) is 0 Å². The highest BCUT2D eigenvalue weighted by Crippen LogP contribution is 2.21. The van der Waals surface area contributed by atoms with E-state index in [-0.39, 0.29) is 36.5 Å². The van der Waals surface area contributed by atoms with E-state index in [4.69, 9.17) is 19.3 Å². The summed E-state index contributed by atoms with van der Waals surface area (Å²) in [6.07, 6.45) is 27.9. The molecule has 0 radical (unpaired) electrons. The summed E-state index contributed by atoms with van der Waals surface area (Å²) in [5.41, 5.74) is -0.186. The van der Waals surface area contributed by atoms with Crippen molar-refractivity contribution < 1.29 is 38.8 Å². The number of amides is 1. The zero-order valence-electron chi connectivity index (χ0n) is 25.4. The molecule has 0 spiro atoms. The Morgan fingerprint density at radius 2 is 1.44 bits per heavy atom. The first-order chi connectivity index (χ1) is 20.9. The first-order valence-corrected chi connectivity index (χ1v) is 14.8. The lowest BCUT2D eigenvalue weighted by Crippen LogP contribution is -2.27. The lowest BCUT2D eigenvalue weighted by atomic mass is 10.2. The quantitative estimate of drug-likeness (QED) is 0.0502. The van der Waals surface area contributed by atoms with Crippen LogP contribution in [-0.2, 0) is 19.0 Å². The molecule has 0 saturated heterocycles. The van der Waals surface area contributed by atoms with E-state index in [0.717, 1.165) is 63.5 Å². The molecule has 43 heavy (non-hydrogen) atoms. The number of Topliss-reactive ketones (excluding diaryl/α,β-unsaturated/α-hetero) is 1. The van der Waals surface area contributed by atoms with Crippen LogP contribution >= 0.6 is 0 Å². The predicted octanol–water partition coefficient (Wildman–Crippen LogP) is 7.90. The zero-order valence-corrected chi connectivity index (χ0v) is 25.4. The zero-order chi connectivity index (χ0) is 31.5. The van der Waals surface area contributed by atoms with E-state index in [0.29, 0.717) is 6.61 Å². The Morgan fingerprint density at radius 1 is 0.837 bits per heavy atom. The number of hydrogen-bond donors (Lipinski definition) is 3. The van der Waals surface area contributed by atoms with Crippen LogP contribution in [0.2, 0.25) is 0 Å². The predicted molar refractivity (Wildman–Crippen MR) is 169 cm³/mol. The number of carboxylic acid groups (broad SMARTS) is 1. The SMILES string of the molecule is CC/C=C\C/C=C\C/C=C\C/C=C\C/C=C\CCCCOC(OC)C(=O)CCCOC(=O)Nc1ccc(O)c(C(=O)O)c1. The molecular formula is C34H47NO8. The van der Waals surface area contributed by atoms with Gasteiger partial charge < -0.3 is 24.4 Å². The van der Waals surface area contributed by atoms with E-state index in [9.17, 15) is 19.5 Å². The molecule has 0 aliphatic carbocycles. The number of hydrogen-bond acceptors (Lipinski definition) is 7. The van der Waals surface area contributed by atoms with E-state index in [1.807, 2.05) is 0 Å². The third-order valence-electron chi connectivity index (χ3n) is 5.94. The molecule has 0 aliphatic heterocycles. The summed E-state index contributed by atoms with van der Waals surface area (Å²) in [6.45, 7) is 2.52. The number of aromatic hydroxyl groups is 1. The van der Waals surface area contributed by atoms with Crippen molar-refractivity contribution in [2.45, 2.75) is 77.4 Å². The van der Waals surface area contributed by atoms with Gasteiger partial charge in [-0.1, -0.05) is 67.7 Å². The van der Waals surface area contributed by atoms with Crippen molar-refractivity contribution in [3.05, 3.63) is 84.5 Å². The number of carbonyl (C=O) groups excluding carboxylic acids is 2. The Kier molecular flexibility index (Phi) is 21.2. The van der Waals surface area contributed by atoms with Crippen LogP contribution in [0.3, 0.4) is 0 Å². The van der Waals surface area contributed by atoms with Gasteiger partial charge in [0.1, 0.15) is 11.3 Å². The summed E-state index contributed by atoms with van der Waals surface area (Å²) in [7, 11) is 1.41. The van der Waals surface area contributed by atoms with Gasteiger partial charge in [0.15, 0.2) is 5.78 Å². The minimum atomic E-state index is -1.33. The number of methoxy groups -OCH3 is 1. The highest BCUT2D eigenvalue weighted by Gasteiger charge is 2.18. The van der Waals surface area contributed by atoms with Crippen LogP contribution in [0.4, 0.5) is 10.5 Å². The average molecular weight is 598 g/mol. The van der Waals surface area contributed by atoms with Crippen molar-refractivity contribution in [2.75, 3.05) is 25.6 Å². The molecule has 1 aromatic carbocycles. The Balaban J connectivity index is 2.10. The van der Waals surface area contributed by atoms with E-state index in [2.05, 4.69) is 73.0 Å². The number of carboxylic acids is 1. The average Bonchev–Trinajstić information content (AvgIpc) is 2.99. The van der Waals surface area contributed by atoms with Crippen molar-refractivity contribution in [1.82, 2.24) is 0 Å². The maximum atomic E-state index is 12.4. The molecule has 1 amide bonds. The number of allylic oxidation sites excluding steroid dienone is 10. The number of unbranched alkanes of at least 4 members (excludes halogenated alkanes) is 2. The van der Waals surface area contributed by atoms with Gasteiger partial charge in [0.25, 0.3) is 0 Å². The summed E-state index contributed by atoms with van der Waals surface area (Å²) in [6, 6.07) is 3.62. The molecule has 1 aromatic rings. The van der Waals surface area contributed by atoms with E-state index >= 15 is 0 Å². The van der Waals surface area contributed by atoms with Crippen molar-refractivity contribution in [1.29, 1.82) is 0 Å². The summed E-state index contributed by atoms with van der Waals surface area (Å²) < 4.78 is 15.8. The monoisotopic (exact) mass is 597 g/mol. The van der Waals surface area contributed by atoms with Gasteiger partial charge in [0, 0.05) is 19.2 Å². The Hall–Kier alpha value is -3.95. The van der Waals surface area contributed by atoms with Crippen molar-refractivity contribution in [3.8, 4) is 5.75 Å². The highest BCUT2D eigenvalue weighted by molar-refractivity contribution is 5.94. The van der Waals surface area contributed by atoms with Crippen molar-refractivity contribution in [2.24, 2.45) is 0 Å². The Morgan fingerprint density at radius 3 is 2.02 bits per heavy atom. The van der Waals surface area contributed by atoms with Gasteiger partial charge in [0.2, 0.25) is 6.29 Å². The number of benzene rings is 1. The molecule has 9 heteroatoms. The Bertz CT molecular complexity index is 1100. The minimum Gasteiger partial charge on any atom is -0.507 e. The van der Waals surface area contributed by atoms with Crippen LogP contribution in [-0.4, -0.2) is 54.7 Å². The van der Waals surface area contributed by atoms with E-state index < -0.39 is 24.1 Å². The molecule has 9 nitrogen and oxygen atoms in total. The molecule has 0 saturated carbocycles. The smallest absolute Gasteiger partial charge is 0.411 e. The molecule has 0 heterocycles. The van der Waals surface area contributed by atoms with E-state index in [1.165, 1.54) is 13.2 Å². The summed E-state index contributed by atoms with van der Waals surface area (Å²) in [4.78, 5) is 35.3. The largest absolute Gasteiger partial charge is 0.507 e. The number of ether oxygens (including phenoxy) is 3. The fourth-order valence-electron chi connectivity index (χ4n) is 3.68. The number of aromatic carboxylic acids is 1. The normalized spacial score (nSPS) is 12.7. The third-order valence-corrected chi connectivity index (χ3v) is 5.94. The molecule has 236 valence electrons. The van der Waals surface area contributed by atoms with Crippen LogP contribution in [0.25, 0.3) is 0 Å². The molecule has 0 bridgehead atoms. The van der Waals surface area contributed by atoms with Gasteiger partial charge in [-0.05, 0) is 76.0 Å². The fourth-order valence-corrected chi connectivity index (χ4v) is 3.68. The fraction of sp³-hybridized carbons (Fsp3) is 0.441. The van der Waals surface area contributed by atoms with Gasteiger partial charge in [-0.15, -0.1) is 0 Å². The number of ketones is 1.